The maximum Gasteiger partial charge on any atom is 0.410 e. The zero-order valence-electron chi connectivity index (χ0n) is 9.97. The van der Waals surface area contributed by atoms with Crippen molar-refractivity contribution >= 4 is 12.4 Å². The lowest BCUT2D eigenvalue weighted by atomic mass is 10.1. The molecule has 0 aromatic heterocycles. The van der Waals surface area contributed by atoms with Crippen molar-refractivity contribution in [3.8, 4) is 0 Å². The third-order valence-corrected chi connectivity index (χ3v) is 2.47. The van der Waals surface area contributed by atoms with Gasteiger partial charge in [0.25, 0.3) is 0 Å². The fraction of sp³-hybridized carbons (Fsp3) is 0.818. The van der Waals surface area contributed by atoms with Gasteiger partial charge in [-0.25, -0.2) is 4.79 Å². The van der Waals surface area contributed by atoms with Crippen molar-refractivity contribution in [2.24, 2.45) is 5.92 Å². The number of amides is 1. The Morgan fingerprint density at radius 3 is 2.62 bits per heavy atom. The average molecular weight is 229 g/mol. The van der Waals surface area contributed by atoms with Crippen molar-refractivity contribution in [2.75, 3.05) is 13.2 Å². The van der Waals surface area contributed by atoms with Crippen LogP contribution in [-0.2, 0) is 9.53 Å². The largest absolute Gasteiger partial charge is 0.444 e. The van der Waals surface area contributed by atoms with Crippen LogP contribution in [0.3, 0.4) is 0 Å². The molecule has 2 atom stereocenters. The van der Waals surface area contributed by atoms with E-state index in [1.165, 1.54) is 4.90 Å². The summed E-state index contributed by atoms with van der Waals surface area (Å²) in [4.78, 5) is 24.0. The highest BCUT2D eigenvalue weighted by molar-refractivity contribution is 5.74. The molecule has 1 aliphatic heterocycles. The van der Waals surface area contributed by atoms with Crippen molar-refractivity contribution in [1.82, 2.24) is 4.90 Å². The summed E-state index contributed by atoms with van der Waals surface area (Å²) < 4.78 is 5.19. The van der Waals surface area contributed by atoms with E-state index in [1.807, 2.05) is 0 Å². The van der Waals surface area contributed by atoms with Crippen LogP contribution >= 0.6 is 0 Å². The molecule has 1 saturated heterocycles. The van der Waals surface area contributed by atoms with E-state index in [1.54, 1.807) is 20.8 Å². The Labute approximate surface area is 95.4 Å². The van der Waals surface area contributed by atoms with Gasteiger partial charge in [0.2, 0.25) is 0 Å². The average Bonchev–Trinajstić information content (AvgIpc) is 2.58. The molecule has 0 saturated carbocycles. The monoisotopic (exact) mass is 229 g/mol. The molecule has 0 radical (unpaired) electrons. The zero-order valence-corrected chi connectivity index (χ0v) is 9.97. The van der Waals surface area contributed by atoms with E-state index in [0.29, 0.717) is 13.0 Å². The molecular weight excluding hydrogens is 210 g/mol. The predicted octanol–water partition coefficient (Wildman–Crippen LogP) is 0.803. The molecule has 5 heteroatoms. The first-order valence-electron chi connectivity index (χ1n) is 5.43. The van der Waals surface area contributed by atoms with Crippen molar-refractivity contribution in [1.29, 1.82) is 0 Å². The molecule has 92 valence electrons. The summed E-state index contributed by atoms with van der Waals surface area (Å²) in [6, 6.07) is -0.466. The van der Waals surface area contributed by atoms with E-state index >= 15 is 0 Å². The number of aliphatic hydroxyl groups is 1. The minimum Gasteiger partial charge on any atom is -0.444 e. The molecule has 1 aliphatic rings. The molecule has 0 unspecified atom stereocenters. The lowest BCUT2D eigenvalue weighted by molar-refractivity contribution is -0.111. The second kappa shape index (κ2) is 4.82. The molecule has 0 aromatic rings. The van der Waals surface area contributed by atoms with Crippen LogP contribution in [0.5, 0.6) is 0 Å². The van der Waals surface area contributed by atoms with Gasteiger partial charge in [-0.2, -0.15) is 0 Å². The number of hydrogen-bond donors (Lipinski definition) is 1. The highest BCUT2D eigenvalue weighted by Crippen LogP contribution is 2.23. The van der Waals surface area contributed by atoms with E-state index in [0.717, 1.165) is 6.29 Å². The molecule has 0 bridgehead atoms. The van der Waals surface area contributed by atoms with Gasteiger partial charge in [-0.05, 0) is 27.2 Å². The molecule has 0 aliphatic carbocycles. The number of carbonyl (C=O) groups is 2. The van der Waals surface area contributed by atoms with Crippen molar-refractivity contribution < 1.29 is 19.4 Å². The molecule has 1 N–H and O–H groups in total. The number of ether oxygens (including phenoxy) is 1. The summed E-state index contributed by atoms with van der Waals surface area (Å²) in [5.74, 6) is -0.0253. The Kier molecular flexibility index (Phi) is 3.91. The SMILES string of the molecule is CC(C)(C)OC(=O)N1C[C@@H](CO)C[C@H]1C=O. The van der Waals surface area contributed by atoms with Crippen LogP contribution in [-0.4, -0.2) is 47.2 Å². The van der Waals surface area contributed by atoms with Crippen LogP contribution in [0.4, 0.5) is 4.79 Å². The summed E-state index contributed by atoms with van der Waals surface area (Å²) in [5, 5.41) is 9.02. The maximum absolute atomic E-state index is 11.8. The third kappa shape index (κ3) is 3.20. The quantitative estimate of drug-likeness (QED) is 0.711. The number of nitrogens with zero attached hydrogens (tertiary/aromatic N) is 1. The minimum absolute atomic E-state index is 0.0103. The first-order valence-corrected chi connectivity index (χ1v) is 5.43. The first kappa shape index (κ1) is 13.0. The molecule has 1 rings (SSSR count). The van der Waals surface area contributed by atoms with Gasteiger partial charge in [0.1, 0.15) is 11.9 Å². The Hall–Kier alpha value is -1.10. The van der Waals surface area contributed by atoms with E-state index in [4.69, 9.17) is 9.84 Å². The van der Waals surface area contributed by atoms with E-state index in [9.17, 15) is 9.59 Å². The summed E-state index contributed by atoms with van der Waals surface area (Å²) in [5.41, 5.74) is -0.568. The van der Waals surface area contributed by atoms with Gasteiger partial charge in [0, 0.05) is 19.1 Å². The van der Waals surface area contributed by atoms with Crippen LogP contribution in [0, 0.1) is 5.92 Å². The first-order chi connectivity index (χ1) is 7.37. The molecule has 1 heterocycles. The normalized spacial score (nSPS) is 25.6. The fourth-order valence-electron chi connectivity index (χ4n) is 1.75. The summed E-state index contributed by atoms with van der Waals surface area (Å²) in [7, 11) is 0. The lowest BCUT2D eigenvalue weighted by Crippen LogP contribution is -2.40. The Morgan fingerprint density at radius 1 is 1.56 bits per heavy atom. The number of aliphatic hydroxyl groups excluding tert-OH is 1. The number of hydrogen-bond acceptors (Lipinski definition) is 4. The number of rotatable bonds is 2. The van der Waals surface area contributed by atoms with Crippen LogP contribution in [0.25, 0.3) is 0 Å². The molecule has 1 amide bonds. The molecule has 0 spiro atoms. The van der Waals surface area contributed by atoms with Gasteiger partial charge < -0.3 is 14.6 Å². The van der Waals surface area contributed by atoms with Gasteiger partial charge in [-0.15, -0.1) is 0 Å². The molecule has 1 fully saturated rings. The van der Waals surface area contributed by atoms with Crippen LogP contribution in [0.15, 0.2) is 0 Å². The maximum atomic E-state index is 11.8. The third-order valence-electron chi connectivity index (χ3n) is 2.47. The second-order valence-electron chi connectivity index (χ2n) is 5.12. The smallest absolute Gasteiger partial charge is 0.410 e. The molecular formula is C11H19NO4. The molecule has 5 nitrogen and oxygen atoms in total. The van der Waals surface area contributed by atoms with E-state index in [-0.39, 0.29) is 12.5 Å². The zero-order chi connectivity index (χ0) is 12.3. The van der Waals surface area contributed by atoms with Gasteiger partial charge in [-0.3, -0.25) is 4.90 Å². The number of carbonyl (C=O) groups excluding carboxylic acids is 2. The lowest BCUT2D eigenvalue weighted by Gasteiger charge is -2.26. The standard InChI is InChI=1S/C11H19NO4/c1-11(2,3)16-10(15)12-5-8(6-13)4-9(12)7-14/h7-9,13H,4-6H2,1-3H3/t8-,9-/m0/s1. The summed E-state index contributed by atoms with van der Waals surface area (Å²) in [6.07, 6.45) is 0.763. The van der Waals surface area contributed by atoms with Crippen LogP contribution < -0.4 is 0 Å². The number of likely N-dealkylation sites (tertiary alicyclic amines) is 1. The molecule has 0 aromatic carbocycles. The van der Waals surface area contributed by atoms with E-state index < -0.39 is 17.7 Å². The Morgan fingerprint density at radius 2 is 2.19 bits per heavy atom. The van der Waals surface area contributed by atoms with Gasteiger partial charge in [0.15, 0.2) is 0 Å². The molecule has 16 heavy (non-hydrogen) atoms. The Bertz CT molecular complexity index is 272. The van der Waals surface area contributed by atoms with Gasteiger partial charge in [-0.1, -0.05) is 0 Å². The van der Waals surface area contributed by atoms with Crippen molar-refractivity contribution in [3.05, 3.63) is 0 Å². The van der Waals surface area contributed by atoms with E-state index in [2.05, 4.69) is 0 Å². The van der Waals surface area contributed by atoms with Crippen molar-refractivity contribution in [3.63, 3.8) is 0 Å². The highest BCUT2D eigenvalue weighted by atomic mass is 16.6. The summed E-state index contributed by atoms with van der Waals surface area (Å²) >= 11 is 0. The van der Waals surface area contributed by atoms with Crippen LogP contribution in [0.1, 0.15) is 27.2 Å². The second-order valence-corrected chi connectivity index (χ2v) is 5.12. The van der Waals surface area contributed by atoms with Crippen molar-refractivity contribution in [2.45, 2.75) is 38.8 Å². The van der Waals surface area contributed by atoms with Crippen LogP contribution in [0.2, 0.25) is 0 Å². The van der Waals surface area contributed by atoms with Gasteiger partial charge >= 0.3 is 6.09 Å². The van der Waals surface area contributed by atoms with Gasteiger partial charge in [0.05, 0.1) is 6.04 Å². The fourth-order valence-corrected chi connectivity index (χ4v) is 1.75. The topological polar surface area (TPSA) is 66.8 Å². The summed E-state index contributed by atoms with van der Waals surface area (Å²) in [6.45, 7) is 5.71. The number of aldehydes is 1. The highest BCUT2D eigenvalue weighted by Gasteiger charge is 2.36. The predicted molar refractivity (Wildman–Crippen MR) is 58.0 cm³/mol. The minimum atomic E-state index is -0.568. The Balaban J connectivity index is 2.64.